The van der Waals surface area contributed by atoms with Gasteiger partial charge in [0.2, 0.25) is 0 Å². The number of halogens is 1. The Hall–Kier alpha value is -1.68. The first-order chi connectivity index (χ1) is 8.70. The first kappa shape index (κ1) is 12.8. The van der Waals surface area contributed by atoms with Crippen molar-refractivity contribution in [3.63, 3.8) is 0 Å². The van der Waals surface area contributed by atoms with E-state index in [4.69, 9.17) is 0 Å². The molecule has 0 aliphatic heterocycles. The minimum Gasteiger partial charge on any atom is -0.341 e. The SMILES string of the molecule is CCCNCc1cnc(-c2ccc(C)c(F)c2)[nH]1. The highest BCUT2D eigenvalue weighted by molar-refractivity contribution is 5.55. The highest BCUT2D eigenvalue weighted by atomic mass is 19.1. The summed E-state index contributed by atoms with van der Waals surface area (Å²) in [7, 11) is 0. The first-order valence-electron chi connectivity index (χ1n) is 6.22. The molecule has 0 radical (unpaired) electrons. The van der Waals surface area contributed by atoms with Crippen molar-refractivity contribution in [1.82, 2.24) is 15.3 Å². The van der Waals surface area contributed by atoms with Gasteiger partial charge in [0.15, 0.2) is 0 Å². The highest BCUT2D eigenvalue weighted by Crippen LogP contribution is 2.18. The summed E-state index contributed by atoms with van der Waals surface area (Å²) < 4.78 is 13.5. The standard InChI is InChI=1S/C14H18FN3/c1-3-6-16-8-12-9-17-14(18-12)11-5-4-10(2)13(15)7-11/h4-5,7,9,16H,3,6,8H2,1-2H3,(H,17,18). The van der Waals surface area contributed by atoms with E-state index < -0.39 is 0 Å². The normalized spacial score (nSPS) is 10.8. The number of H-pyrrole nitrogens is 1. The lowest BCUT2D eigenvalue weighted by molar-refractivity contribution is 0.619. The monoisotopic (exact) mass is 247 g/mol. The number of aromatic nitrogens is 2. The minimum absolute atomic E-state index is 0.199. The fourth-order valence-electron chi connectivity index (χ4n) is 1.74. The molecule has 0 aliphatic carbocycles. The molecule has 0 unspecified atom stereocenters. The number of rotatable bonds is 5. The molecule has 0 amide bonds. The fourth-order valence-corrected chi connectivity index (χ4v) is 1.74. The third kappa shape index (κ3) is 2.96. The van der Waals surface area contributed by atoms with Gasteiger partial charge >= 0.3 is 0 Å². The topological polar surface area (TPSA) is 40.7 Å². The quantitative estimate of drug-likeness (QED) is 0.797. The Balaban J connectivity index is 2.11. The molecule has 0 aliphatic rings. The van der Waals surface area contributed by atoms with Gasteiger partial charge in [-0.2, -0.15) is 0 Å². The van der Waals surface area contributed by atoms with Crippen LogP contribution in [-0.2, 0) is 6.54 Å². The summed E-state index contributed by atoms with van der Waals surface area (Å²) in [5.74, 6) is 0.511. The lowest BCUT2D eigenvalue weighted by Crippen LogP contribution is -2.13. The van der Waals surface area contributed by atoms with Crippen LogP contribution in [0.5, 0.6) is 0 Å². The highest BCUT2D eigenvalue weighted by Gasteiger charge is 2.05. The smallest absolute Gasteiger partial charge is 0.137 e. The summed E-state index contributed by atoms with van der Waals surface area (Å²) in [6.45, 7) is 5.62. The van der Waals surface area contributed by atoms with Crippen LogP contribution in [0.2, 0.25) is 0 Å². The van der Waals surface area contributed by atoms with Gasteiger partial charge in [-0.05, 0) is 31.5 Å². The average molecular weight is 247 g/mol. The van der Waals surface area contributed by atoms with E-state index in [0.717, 1.165) is 30.8 Å². The number of aryl methyl sites for hydroxylation is 1. The Morgan fingerprint density at radius 3 is 2.94 bits per heavy atom. The van der Waals surface area contributed by atoms with Gasteiger partial charge in [0, 0.05) is 24.0 Å². The van der Waals surface area contributed by atoms with E-state index in [1.54, 1.807) is 19.2 Å². The van der Waals surface area contributed by atoms with E-state index >= 15 is 0 Å². The van der Waals surface area contributed by atoms with Crippen molar-refractivity contribution in [2.24, 2.45) is 0 Å². The van der Waals surface area contributed by atoms with Crippen LogP contribution < -0.4 is 5.32 Å². The molecule has 3 nitrogen and oxygen atoms in total. The molecule has 0 saturated heterocycles. The van der Waals surface area contributed by atoms with Gasteiger partial charge in [0.1, 0.15) is 11.6 Å². The van der Waals surface area contributed by atoms with E-state index in [1.807, 2.05) is 6.07 Å². The van der Waals surface area contributed by atoms with Gasteiger partial charge < -0.3 is 10.3 Å². The van der Waals surface area contributed by atoms with Gasteiger partial charge in [0.05, 0.1) is 0 Å². The molecule has 4 heteroatoms. The van der Waals surface area contributed by atoms with E-state index in [-0.39, 0.29) is 5.82 Å². The molecule has 96 valence electrons. The minimum atomic E-state index is -0.199. The number of imidazole rings is 1. The zero-order valence-corrected chi connectivity index (χ0v) is 10.8. The van der Waals surface area contributed by atoms with Crippen molar-refractivity contribution in [2.45, 2.75) is 26.8 Å². The Labute approximate surface area is 106 Å². The maximum atomic E-state index is 13.5. The van der Waals surface area contributed by atoms with Gasteiger partial charge in [-0.25, -0.2) is 9.37 Å². The third-order valence-corrected chi connectivity index (χ3v) is 2.82. The molecule has 2 N–H and O–H groups in total. The Bertz CT molecular complexity index is 520. The largest absolute Gasteiger partial charge is 0.341 e. The van der Waals surface area contributed by atoms with E-state index in [9.17, 15) is 4.39 Å². The molecule has 1 aromatic carbocycles. The molecule has 18 heavy (non-hydrogen) atoms. The molecule has 2 rings (SSSR count). The first-order valence-corrected chi connectivity index (χ1v) is 6.22. The van der Waals surface area contributed by atoms with Crippen LogP contribution in [-0.4, -0.2) is 16.5 Å². The maximum Gasteiger partial charge on any atom is 0.137 e. The van der Waals surface area contributed by atoms with Crippen molar-refractivity contribution in [2.75, 3.05) is 6.54 Å². The summed E-state index contributed by atoms with van der Waals surface area (Å²) >= 11 is 0. The predicted octanol–water partition coefficient (Wildman–Crippen LogP) is 3.02. The molecule has 0 fully saturated rings. The van der Waals surface area contributed by atoms with Crippen LogP contribution in [0.4, 0.5) is 4.39 Å². The molecule has 0 saturated carbocycles. The van der Waals surface area contributed by atoms with Crippen LogP contribution in [0, 0.1) is 12.7 Å². The van der Waals surface area contributed by atoms with E-state index in [2.05, 4.69) is 22.2 Å². The Kier molecular flexibility index (Phi) is 4.10. The molecule has 0 spiro atoms. The zero-order chi connectivity index (χ0) is 13.0. The molecule has 0 atom stereocenters. The van der Waals surface area contributed by atoms with Gasteiger partial charge in [-0.3, -0.25) is 0 Å². The van der Waals surface area contributed by atoms with E-state index in [0.29, 0.717) is 11.4 Å². The Morgan fingerprint density at radius 1 is 1.39 bits per heavy atom. The van der Waals surface area contributed by atoms with Crippen LogP contribution in [0.1, 0.15) is 24.6 Å². The summed E-state index contributed by atoms with van der Waals surface area (Å²) in [5, 5.41) is 3.29. The van der Waals surface area contributed by atoms with Gasteiger partial charge in [-0.1, -0.05) is 19.1 Å². The molecule has 2 aromatic rings. The molecule has 0 bridgehead atoms. The van der Waals surface area contributed by atoms with E-state index in [1.165, 1.54) is 6.07 Å². The number of hydrogen-bond acceptors (Lipinski definition) is 2. The lowest BCUT2D eigenvalue weighted by Gasteiger charge is -2.01. The van der Waals surface area contributed by atoms with Crippen LogP contribution >= 0.6 is 0 Å². The number of nitrogens with one attached hydrogen (secondary N) is 2. The second-order valence-electron chi connectivity index (χ2n) is 4.40. The fraction of sp³-hybridized carbons (Fsp3) is 0.357. The van der Waals surface area contributed by atoms with Crippen molar-refractivity contribution in [1.29, 1.82) is 0 Å². The molecule has 1 aromatic heterocycles. The van der Waals surface area contributed by atoms with Crippen LogP contribution in [0.3, 0.4) is 0 Å². The number of nitrogens with zero attached hydrogens (tertiary/aromatic N) is 1. The summed E-state index contributed by atoms with van der Waals surface area (Å²) in [4.78, 5) is 7.47. The summed E-state index contributed by atoms with van der Waals surface area (Å²) in [6, 6.07) is 5.15. The van der Waals surface area contributed by atoms with Crippen LogP contribution in [0.15, 0.2) is 24.4 Å². The second kappa shape index (κ2) is 5.78. The maximum absolute atomic E-state index is 13.5. The molecule has 1 heterocycles. The second-order valence-corrected chi connectivity index (χ2v) is 4.40. The molecular weight excluding hydrogens is 229 g/mol. The van der Waals surface area contributed by atoms with Crippen molar-refractivity contribution in [3.8, 4) is 11.4 Å². The third-order valence-electron chi connectivity index (χ3n) is 2.82. The van der Waals surface area contributed by atoms with Crippen molar-refractivity contribution in [3.05, 3.63) is 41.5 Å². The molecular formula is C14H18FN3. The predicted molar refractivity (Wildman–Crippen MR) is 70.7 cm³/mol. The van der Waals surface area contributed by atoms with Crippen molar-refractivity contribution < 1.29 is 4.39 Å². The van der Waals surface area contributed by atoms with Gasteiger partial charge in [-0.15, -0.1) is 0 Å². The lowest BCUT2D eigenvalue weighted by atomic mass is 10.1. The summed E-state index contributed by atoms with van der Waals surface area (Å²) in [5.41, 5.74) is 2.44. The zero-order valence-electron chi connectivity index (χ0n) is 10.8. The number of hydrogen-bond donors (Lipinski definition) is 2. The van der Waals surface area contributed by atoms with Crippen molar-refractivity contribution >= 4 is 0 Å². The van der Waals surface area contributed by atoms with Gasteiger partial charge in [0.25, 0.3) is 0 Å². The van der Waals surface area contributed by atoms with Crippen LogP contribution in [0.25, 0.3) is 11.4 Å². The Morgan fingerprint density at radius 2 is 2.22 bits per heavy atom. The number of benzene rings is 1. The average Bonchev–Trinajstić information content (AvgIpc) is 2.82. The summed E-state index contributed by atoms with van der Waals surface area (Å²) in [6.07, 6.45) is 2.89. The number of aromatic amines is 1.